The summed E-state index contributed by atoms with van der Waals surface area (Å²) in [5.41, 5.74) is 3.26. The van der Waals surface area contributed by atoms with Crippen molar-refractivity contribution >= 4 is 17.7 Å². The summed E-state index contributed by atoms with van der Waals surface area (Å²) < 4.78 is 15.5. The van der Waals surface area contributed by atoms with Crippen molar-refractivity contribution in [3.8, 4) is 11.5 Å². The highest BCUT2D eigenvalue weighted by atomic mass is 16.5. The average molecular weight is 411 g/mol. The summed E-state index contributed by atoms with van der Waals surface area (Å²) in [6.45, 7) is 1.17. The van der Waals surface area contributed by atoms with E-state index < -0.39 is 18.0 Å². The van der Waals surface area contributed by atoms with E-state index in [0.717, 1.165) is 19.3 Å². The number of Topliss-reactive ketones (excluding diaryl/α,β-unsaturated/α-hetero) is 1. The van der Waals surface area contributed by atoms with Crippen molar-refractivity contribution in [2.45, 2.75) is 32.3 Å². The Morgan fingerprint density at radius 2 is 1.60 bits per heavy atom. The molecule has 0 radical (unpaired) electrons. The maximum atomic E-state index is 12.6. The topological polar surface area (TPSA) is 90.9 Å². The highest BCUT2D eigenvalue weighted by Crippen LogP contribution is 2.24. The standard InChI is InChI=1S/C23H25NO6/c1-14(22(26)17-8-7-15-5-4-6-16(15)9-17)30-21(25)13-24-23(27)18-10-19(28-2)12-20(11-18)29-3/h7-12,14H,4-6,13H2,1-3H3,(H,24,27)/t14-/m0/s1. The van der Waals surface area contributed by atoms with Gasteiger partial charge in [0, 0.05) is 17.2 Å². The number of carbonyl (C=O) groups is 3. The third-order valence-electron chi connectivity index (χ3n) is 5.07. The summed E-state index contributed by atoms with van der Waals surface area (Å²) >= 11 is 0. The first kappa shape index (κ1) is 21.4. The number of carbonyl (C=O) groups excluding carboxylic acids is 3. The maximum absolute atomic E-state index is 12.6. The smallest absolute Gasteiger partial charge is 0.326 e. The van der Waals surface area contributed by atoms with Gasteiger partial charge in [-0.15, -0.1) is 0 Å². The molecule has 0 fully saturated rings. The fourth-order valence-corrected chi connectivity index (χ4v) is 3.45. The summed E-state index contributed by atoms with van der Waals surface area (Å²) in [5.74, 6) is -0.532. The molecule has 0 saturated heterocycles. The van der Waals surface area contributed by atoms with Crippen LogP contribution in [0.4, 0.5) is 0 Å². The number of hydrogen-bond acceptors (Lipinski definition) is 6. The Balaban J connectivity index is 1.55. The van der Waals surface area contributed by atoms with Crippen LogP contribution in [0.3, 0.4) is 0 Å². The van der Waals surface area contributed by atoms with Gasteiger partial charge in [0.1, 0.15) is 18.0 Å². The minimum Gasteiger partial charge on any atom is -0.497 e. The molecule has 7 nitrogen and oxygen atoms in total. The summed E-state index contributed by atoms with van der Waals surface area (Å²) in [4.78, 5) is 37.0. The van der Waals surface area contributed by atoms with Gasteiger partial charge in [-0.1, -0.05) is 12.1 Å². The molecule has 1 aliphatic carbocycles. The van der Waals surface area contributed by atoms with Gasteiger partial charge in [0.25, 0.3) is 5.91 Å². The van der Waals surface area contributed by atoms with Crippen LogP contribution in [0.2, 0.25) is 0 Å². The normalized spacial score (nSPS) is 13.2. The lowest BCUT2D eigenvalue weighted by atomic mass is 10.0. The van der Waals surface area contributed by atoms with E-state index >= 15 is 0 Å². The van der Waals surface area contributed by atoms with Crippen LogP contribution in [-0.2, 0) is 22.4 Å². The molecule has 1 N–H and O–H groups in total. The van der Waals surface area contributed by atoms with E-state index in [4.69, 9.17) is 14.2 Å². The minimum absolute atomic E-state index is 0.262. The highest BCUT2D eigenvalue weighted by Gasteiger charge is 2.22. The lowest BCUT2D eigenvalue weighted by molar-refractivity contribution is -0.145. The fourth-order valence-electron chi connectivity index (χ4n) is 3.45. The van der Waals surface area contributed by atoms with Gasteiger partial charge in [0.15, 0.2) is 6.10 Å². The summed E-state index contributed by atoms with van der Waals surface area (Å²) in [6, 6.07) is 10.3. The van der Waals surface area contributed by atoms with Crippen LogP contribution in [0.15, 0.2) is 36.4 Å². The van der Waals surface area contributed by atoms with Gasteiger partial charge in [0.05, 0.1) is 14.2 Å². The Labute approximate surface area is 175 Å². The van der Waals surface area contributed by atoms with E-state index in [1.807, 2.05) is 12.1 Å². The van der Waals surface area contributed by atoms with E-state index in [0.29, 0.717) is 17.1 Å². The second-order valence-corrected chi connectivity index (χ2v) is 7.12. The Bertz CT molecular complexity index is 946. The first-order chi connectivity index (χ1) is 14.4. The van der Waals surface area contributed by atoms with Crippen molar-refractivity contribution < 1.29 is 28.6 Å². The number of amides is 1. The molecule has 7 heteroatoms. The number of ether oxygens (including phenoxy) is 3. The van der Waals surface area contributed by atoms with Crippen molar-refractivity contribution in [2.24, 2.45) is 0 Å². The SMILES string of the molecule is COc1cc(OC)cc(C(=O)NCC(=O)O[C@@H](C)C(=O)c2ccc3c(c2)CCC3)c1. The van der Waals surface area contributed by atoms with Crippen molar-refractivity contribution in [2.75, 3.05) is 20.8 Å². The number of methoxy groups -OCH3 is 2. The van der Waals surface area contributed by atoms with Crippen LogP contribution < -0.4 is 14.8 Å². The van der Waals surface area contributed by atoms with Crippen LogP contribution in [0.5, 0.6) is 11.5 Å². The number of benzene rings is 2. The Kier molecular flexibility index (Phi) is 6.72. The van der Waals surface area contributed by atoms with Gasteiger partial charge in [-0.3, -0.25) is 14.4 Å². The Morgan fingerprint density at radius 3 is 2.27 bits per heavy atom. The van der Waals surface area contributed by atoms with Gasteiger partial charge >= 0.3 is 5.97 Å². The van der Waals surface area contributed by atoms with Crippen molar-refractivity contribution in [3.63, 3.8) is 0 Å². The Hall–Kier alpha value is -3.35. The monoisotopic (exact) mass is 411 g/mol. The zero-order valence-electron chi connectivity index (χ0n) is 17.3. The van der Waals surface area contributed by atoms with E-state index in [1.54, 1.807) is 12.1 Å². The molecular weight excluding hydrogens is 386 g/mol. The van der Waals surface area contributed by atoms with Gasteiger partial charge in [-0.25, -0.2) is 0 Å². The second-order valence-electron chi connectivity index (χ2n) is 7.12. The number of nitrogens with one attached hydrogen (secondary N) is 1. The molecule has 158 valence electrons. The van der Waals surface area contributed by atoms with Crippen LogP contribution in [-0.4, -0.2) is 44.5 Å². The molecule has 0 saturated carbocycles. The van der Waals surface area contributed by atoms with Crippen molar-refractivity contribution in [1.82, 2.24) is 5.32 Å². The third kappa shape index (κ3) is 4.97. The number of hydrogen-bond donors (Lipinski definition) is 1. The van der Waals surface area contributed by atoms with Gasteiger partial charge in [0.2, 0.25) is 5.78 Å². The van der Waals surface area contributed by atoms with Gasteiger partial charge in [-0.05, 0) is 55.5 Å². The van der Waals surface area contributed by atoms with Crippen LogP contribution in [0.1, 0.15) is 45.2 Å². The van der Waals surface area contributed by atoms with E-state index in [1.165, 1.54) is 44.4 Å². The predicted molar refractivity (Wildman–Crippen MR) is 110 cm³/mol. The molecule has 1 atom stereocenters. The second kappa shape index (κ2) is 9.43. The minimum atomic E-state index is -0.939. The summed E-state index contributed by atoms with van der Waals surface area (Å²) in [6.07, 6.45) is 2.15. The average Bonchev–Trinajstić information content (AvgIpc) is 3.24. The zero-order chi connectivity index (χ0) is 21.7. The lowest BCUT2D eigenvalue weighted by Gasteiger charge is -2.14. The predicted octanol–water partition coefficient (Wildman–Crippen LogP) is 2.74. The number of esters is 1. The fraction of sp³-hybridized carbons (Fsp3) is 0.348. The highest BCUT2D eigenvalue weighted by molar-refractivity contribution is 6.01. The van der Waals surface area contributed by atoms with E-state index in [9.17, 15) is 14.4 Å². The maximum Gasteiger partial charge on any atom is 0.326 e. The molecular formula is C23H25NO6. The quantitative estimate of drug-likeness (QED) is 0.531. The molecule has 0 heterocycles. The molecule has 3 rings (SSSR count). The number of fused-ring (bicyclic) bond motifs is 1. The first-order valence-corrected chi connectivity index (χ1v) is 9.78. The molecule has 1 aliphatic rings. The molecule has 0 spiro atoms. The Morgan fingerprint density at radius 1 is 0.933 bits per heavy atom. The summed E-state index contributed by atoms with van der Waals surface area (Å²) in [5, 5.41) is 2.48. The third-order valence-corrected chi connectivity index (χ3v) is 5.07. The van der Waals surface area contributed by atoms with Crippen molar-refractivity contribution in [3.05, 3.63) is 58.7 Å². The summed E-state index contributed by atoms with van der Waals surface area (Å²) in [7, 11) is 2.96. The number of rotatable bonds is 8. The molecule has 0 aromatic heterocycles. The molecule has 0 unspecified atom stereocenters. The van der Waals surface area contributed by atoms with E-state index in [-0.39, 0.29) is 17.9 Å². The van der Waals surface area contributed by atoms with Crippen LogP contribution >= 0.6 is 0 Å². The zero-order valence-corrected chi connectivity index (χ0v) is 17.3. The van der Waals surface area contributed by atoms with Crippen LogP contribution in [0, 0.1) is 0 Å². The molecule has 2 aromatic rings. The molecule has 0 aliphatic heterocycles. The molecule has 1 amide bonds. The first-order valence-electron chi connectivity index (χ1n) is 9.78. The largest absolute Gasteiger partial charge is 0.497 e. The van der Waals surface area contributed by atoms with Gasteiger partial charge in [-0.2, -0.15) is 0 Å². The molecule has 30 heavy (non-hydrogen) atoms. The number of ketones is 1. The van der Waals surface area contributed by atoms with Crippen molar-refractivity contribution in [1.29, 1.82) is 0 Å². The van der Waals surface area contributed by atoms with Crippen LogP contribution in [0.25, 0.3) is 0 Å². The number of aryl methyl sites for hydroxylation is 2. The molecule has 2 aromatic carbocycles. The lowest BCUT2D eigenvalue weighted by Crippen LogP contribution is -2.34. The van der Waals surface area contributed by atoms with Gasteiger partial charge < -0.3 is 19.5 Å². The molecule has 0 bridgehead atoms. The van der Waals surface area contributed by atoms with E-state index in [2.05, 4.69) is 5.32 Å².